The number of hydrogen-bond donors (Lipinski definition) is 0. The molecule has 2 fully saturated rings. The van der Waals surface area contributed by atoms with E-state index in [1.807, 2.05) is 11.0 Å². The number of rotatable bonds is 5. The van der Waals surface area contributed by atoms with E-state index in [1.165, 1.54) is 11.3 Å². The van der Waals surface area contributed by atoms with Crippen LogP contribution in [0.5, 0.6) is 0 Å². The number of thiazole rings is 1. The number of piperazine rings is 1. The summed E-state index contributed by atoms with van der Waals surface area (Å²) >= 11 is 1.68. The van der Waals surface area contributed by atoms with E-state index in [-0.39, 0.29) is 0 Å². The van der Waals surface area contributed by atoms with E-state index in [0.717, 1.165) is 69.3 Å². The molecule has 0 aliphatic carbocycles. The third kappa shape index (κ3) is 3.95. The highest BCUT2D eigenvalue weighted by atomic mass is 32.1. The van der Waals surface area contributed by atoms with E-state index < -0.39 is 0 Å². The molecule has 2 aliphatic rings. The van der Waals surface area contributed by atoms with Crippen molar-refractivity contribution in [2.75, 3.05) is 45.8 Å². The summed E-state index contributed by atoms with van der Waals surface area (Å²) in [6.07, 6.45) is 4.44. The molecule has 2 saturated heterocycles. The van der Waals surface area contributed by atoms with Crippen LogP contribution in [0.3, 0.4) is 0 Å². The number of aromatic nitrogens is 2. The Kier molecular flexibility index (Phi) is 5.35. The van der Waals surface area contributed by atoms with Gasteiger partial charge in [-0.1, -0.05) is 30.3 Å². The van der Waals surface area contributed by atoms with E-state index >= 15 is 0 Å². The summed E-state index contributed by atoms with van der Waals surface area (Å²) in [6.45, 7) is 7.22. The van der Waals surface area contributed by atoms with Gasteiger partial charge in [0.1, 0.15) is 0 Å². The monoisotopic (exact) mass is 409 g/mol. The topological polar surface area (TPSA) is 44.1 Å². The zero-order valence-corrected chi connectivity index (χ0v) is 17.5. The number of fused-ring (bicyclic) bond motifs is 1. The molecule has 4 heterocycles. The number of amides is 1. The van der Waals surface area contributed by atoms with Crippen LogP contribution in [0, 0.1) is 0 Å². The first-order valence-corrected chi connectivity index (χ1v) is 11.4. The van der Waals surface area contributed by atoms with Crippen molar-refractivity contribution in [1.29, 1.82) is 0 Å². The molecule has 0 spiro atoms. The largest absolute Gasteiger partial charge is 0.342 e. The Hall–Kier alpha value is -2.22. The van der Waals surface area contributed by atoms with Crippen LogP contribution in [-0.2, 0) is 11.3 Å². The van der Waals surface area contributed by atoms with Gasteiger partial charge in [-0.2, -0.15) is 0 Å². The molecule has 6 nitrogen and oxygen atoms in total. The standard InChI is InChI=1S/C22H27N5OS/c28-20(26-8-4-5-9-26)17-25-12-10-24(11-13-25)16-19-21(18-6-2-1-3-7-18)23-22-27(19)14-15-29-22/h1-3,6-7,14-15H,4-5,8-13,16-17H2. The smallest absolute Gasteiger partial charge is 0.236 e. The molecule has 29 heavy (non-hydrogen) atoms. The van der Waals surface area contributed by atoms with E-state index in [0.29, 0.717) is 12.5 Å². The third-order valence-corrected chi connectivity index (χ3v) is 6.82. The van der Waals surface area contributed by atoms with Crippen LogP contribution in [0.15, 0.2) is 41.9 Å². The second kappa shape index (κ2) is 8.26. The molecule has 7 heteroatoms. The maximum absolute atomic E-state index is 12.4. The van der Waals surface area contributed by atoms with Crippen LogP contribution in [0.2, 0.25) is 0 Å². The zero-order chi connectivity index (χ0) is 19.6. The summed E-state index contributed by atoms with van der Waals surface area (Å²) in [5.41, 5.74) is 3.52. The van der Waals surface area contributed by atoms with E-state index in [4.69, 9.17) is 4.98 Å². The van der Waals surface area contributed by atoms with Crippen LogP contribution in [0.25, 0.3) is 16.2 Å². The molecule has 152 valence electrons. The fourth-order valence-corrected chi connectivity index (χ4v) is 5.12. The Morgan fingerprint density at radius 3 is 2.45 bits per heavy atom. The molecule has 2 aliphatic heterocycles. The molecule has 0 radical (unpaired) electrons. The molecular formula is C22H27N5OS. The second-order valence-electron chi connectivity index (χ2n) is 7.97. The van der Waals surface area contributed by atoms with Crippen molar-refractivity contribution in [3.05, 3.63) is 47.6 Å². The summed E-state index contributed by atoms with van der Waals surface area (Å²) in [6, 6.07) is 10.5. The number of benzene rings is 1. The molecule has 1 amide bonds. The number of carbonyl (C=O) groups is 1. The molecule has 5 rings (SSSR count). The van der Waals surface area contributed by atoms with Gasteiger partial charge in [0.05, 0.1) is 17.9 Å². The maximum atomic E-state index is 12.4. The van der Waals surface area contributed by atoms with E-state index in [9.17, 15) is 4.79 Å². The fraction of sp³-hybridized carbons (Fsp3) is 0.455. The SMILES string of the molecule is O=C(CN1CCN(Cc2c(-c3ccccc3)nc3sccn23)CC1)N1CCCC1. The zero-order valence-electron chi connectivity index (χ0n) is 16.7. The van der Waals surface area contributed by atoms with Gasteiger partial charge in [0.25, 0.3) is 0 Å². The second-order valence-corrected chi connectivity index (χ2v) is 8.84. The van der Waals surface area contributed by atoms with E-state index in [2.05, 4.69) is 50.0 Å². The van der Waals surface area contributed by atoms with Crippen molar-refractivity contribution in [3.8, 4) is 11.3 Å². The first-order valence-electron chi connectivity index (χ1n) is 10.5. The fourth-order valence-electron chi connectivity index (χ4n) is 4.39. The van der Waals surface area contributed by atoms with Gasteiger partial charge in [-0.05, 0) is 12.8 Å². The summed E-state index contributed by atoms with van der Waals surface area (Å²) < 4.78 is 2.23. The average molecular weight is 410 g/mol. The van der Waals surface area contributed by atoms with Crippen LogP contribution in [0.4, 0.5) is 0 Å². The predicted octanol–water partition coefficient (Wildman–Crippen LogP) is 2.80. The minimum Gasteiger partial charge on any atom is -0.342 e. The molecule has 2 aromatic heterocycles. The van der Waals surface area contributed by atoms with Crippen molar-refractivity contribution >= 4 is 22.2 Å². The van der Waals surface area contributed by atoms with Gasteiger partial charge in [0.2, 0.25) is 5.91 Å². The molecular weight excluding hydrogens is 382 g/mol. The Bertz CT molecular complexity index is 968. The number of likely N-dealkylation sites (tertiary alicyclic amines) is 1. The number of imidazole rings is 1. The van der Waals surface area contributed by atoms with Crippen LogP contribution >= 0.6 is 11.3 Å². The Labute approximate surface area is 175 Å². The molecule has 0 unspecified atom stereocenters. The molecule has 3 aromatic rings. The van der Waals surface area contributed by atoms with Crippen molar-refractivity contribution in [1.82, 2.24) is 24.1 Å². The van der Waals surface area contributed by atoms with Crippen LogP contribution < -0.4 is 0 Å². The lowest BCUT2D eigenvalue weighted by Crippen LogP contribution is -2.49. The normalized spacial score (nSPS) is 18.7. The summed E-state index contributed by atoms with van der Waals surface area (Å²) in [4.78, 5) is 25.2. The number of hydrogen-bond acceptors (Lipinski definition) is 5. The minimum absolute atomic E-state index is 0.304. The van der Waals surface area contributed by atoms with Crippen molar-refractivity contribution < 1.29 is 4.79 Å². The molecule has 1 aromatic carbocycles. The van der Waals surface area contributed by atoms with Crippen molar-refractivity contribution in [2.45, 2.75) is 19.4 Å². The molecule has 0 atom stereocenters. The van der Waals surface area contributed by atoms with Crippen molar-refractivity contribution in [3.63, 3.8) is 0 Å². The number of nitrogens with zero attached hydrogens (tertiary/aromatic N) is 5. The van der Waals surface area contributed by atoms with Gasteiger partial charge < -0.3 is 4.90 Å². The third-order valence-electron chi connectivity index (χ3n) is 6.06. The molecule has 0 saturated carbocycles. The molecule has 0 bridgehead atoms. The van der Waals surface area contributed by atoms with Crippen molar-refractivity contribution in [2.24, 2.45) is 0 Å². The van der Waals surface area contributed by atoms with Gasteiger partial charge >= 0.3 is 0 Å². The lowest BCUT2D eigenvalue weighted by Gasteiger charge is -2.35. The first kappa shape index (κ1) is 18.8. The van der Waals surface area contributed by atoms with Gasteiger partial charge in [0.15, 0.2) is 4.96 Å². The van der Waals surface area contributed by atoms with Gasteiger partial charge in [-0.3, -0.25) is 19.0 Å². The predicted molar refractivity (Wildman–Crippen MR) is 116 cm³/mol. The van der Waals surface area contributed by atoms with Crippen LogP contribution in [0.1, 0.15) is 18.5 Å². The van der Waals surface area contributed by atoms with Gasteiger partial charge in [-0.15, -0.1) is 11.3 Å². The highest BCUT2D eigenvalue weighted by Gasteiger charge is 2.25. The highest BCUT2D eigenvalue weighted by molar-refractivity contribution is 7.15. The summed E-state index contributed by atoms with van der Waals surface area (Å²) in [5, 5.41) is 2.10. The Morgan fingerprint density at radius 1 is 0.966 bits per heavy atom. The molecule has 0 N–H and O–H groups in total. The first-order chi connectivity index (χ1) is 14.3. The Morgan fingerprint density at radius 2 is 1.69 bits per heavy atom. The van der Waals surface area contributed by atoms with Gasteiger partial charge in [0, 0.05) is 63.0 Å². The Balaban J connectivity index is 1.25. The quantitative estimate of drug-likeness (QED) is 0.650. The minimum atomic E-state index is 0.304. The highest BCUT2D eigenvalue weighted by Crippen LogP contribution is 2.28. The van der Waals surface area contributed by atoms with Gasteiger partial charge in [-0.25, -0.2) is 4.98 Å². The number of carbonyl (C=O) groups excluding carboxylic acids is 1. The lowest BCUT2D eigenvalue weighted by atomic mass is 10.1. The average Bonchev–Trinajstić information content (AvgIpc) is 3.49. The summed E-state index contributed by atoms with van der Waals surface area (Å²) in [5.74, 6) is 0.304. The summed E-state index contributed by atoms with van der Waals surface area (Å²) in [7, 11) is 0. The maximum Gasteiger partial charge on any atom is 0.236 e. The lowest BCUT2D eigenvalue weighted by molar-refractivity contribution is -0.131. The van der Waals surface area contributed by atoms with Crippen LogP contribution in [-0.4, -0.2) is 75.8 Å². The van der Waals surface area contributed by atoms with E-state index in [1.54, 1.807) is 11.3 Å².